The van der Waals surface area contributed by atoms with Crippen LogP contribution in [-0.4, -0.2) is 44.5 Å². The van der Waals surface area contributed by atoms with Gasteiger partial charge in [0.1, 0.15) is 0 Å². The lowest BCUT2D eigenvalue weighted by Crippen LogP contribution is -2.42. The molecule has 12 heavy (non-hydrogen) atoms. The van der Waals surface area contributed by atoms with Crippen molar-refractivity contribution in [2.45, 2.75) is 12.8 Å². The smallest absolute Gasteiger partial charge is 0.150 e. The van der Waals surface area contributed by atoms with Gasteiger partial charge in [-0.05, 0) is 38.4 Å². The van der Waals surface area contributed by atoms with Crippen molar-refractivity contribution in [3.63, 3.8) is 0 Å². The molecule has 2 rings (SSSR count). The normalized spacial score (nSPS) is 29.3. The minimum atomic E-state index is -2.59. The SMILES string of the molecule is O=S1(=O)CC(CCN2CCC2)C1. The van der Waals surface area contributed by atoms with E-state index in [1.807, 2.05) is 0 Å². The highest BCUT2D eigenvalue weighted by Crippen LogP contribution is 2.22. The van der Waals surface area contributed by atoms with E-state index < -0.39 is 9.84 Å². The number of hydrogen-bond donors (Lipinski definition) is 0. The van der Waals surface area contributed by atoms with Crippen LogP contribution in [0, 0.1) is 5.92 Å². The van der Waals surface area contributed by atoms with E-state index in [2.05, 4.69) is 4.90 Å². The molecule has 0 aliphatic carbocycles. The fourth-order valence-corrected chi connectivity index (χ4v) is 3.48. The molecule has 70 valence electrons. The van der Waals surface area contributed by atoms with Crippen LogP contribution in [0.25, 0.3) is 0 Å². The summed E-state index contributed by atoms with van der Waals surface area (Å²) < 4.78 is 21.6. The van der Waals surface area contributed by atoms with Gasteiger partial charge in [0.25, 0.3) is 0 Å². The Morgan fingerprint density at radius 1 is 1.25 bits per heavy atom. The van der Waals surface area contributed by atoms with Gasteiger partial charge in [-0.2, -0.15) is 0 Å². The molecule has 0 N–H and O–H groups in total. The summed E-state index contributed by atoms with van der Waals surface area (Å²) >= 11 is 0. The maximum Gasteiger partial charge on any atom is 0.150 e. The van der Waals surface area contributed by atoms with Gasteiger partial charge in [-0.25, -0.2) is 8.42 Å². The Hall–Kier alpha value is -0.0900. The van der Waals surface area contributed by atoms with Crippen molar-refractivity contribution in [3.05, 3.63) is 0 Å². The average molecular weight is 189 g/mol. The van der Waals surface area contributed by atoms with Crippen molar-refractivity contribution in [1.82, 2.24) is 4.90 Å². The molecule has 2 heterocycles. The van der Waals surface area contributed by atoms with E-state index in [1.54, 1.807) is 0 Å². The van der Waals surface area contributed by atoms with Gasteiger partial charge in [0.15, 0.2) is 9.84 Å². The first-order valence-corrected chi connectivity index (χ1v) is 6.41. The molecule has 3 nitrogen and oxygen atoms in total. The van der Waals surface area contributed by atoms with Crippen molar-refractivity contribution in [1.29, 1.82) is 0 Å². The van der Waals surface area contributed by atoms with Crippen molar-refractivity contribution < 1.29 is 8.42 Å². The van der Waals surface area contributed by atoms with Gasteiger partial charge in [0.05, 0.1) is 11.5 Å². The summed E-state index contributed by atoms with van der Waals surface area (Å²) in [5, 5.41) is 0. The van der Waals surface area contributed by atoms with Gasteiger partial charge in [-0.1, -0.05) is 0 Å². The summed E-state index contributed by atoms with van der Waals surface area (Å²) in [4.78, 5) is 2.39. The third kappa shape index (κ3) is 1.80. The number of likely N-dealkylation sites (tertiary alicyclic amines) is 1. The van der Waals surface area contributed by atoms with Gasteiger partial charge in [-0.15, -0.1) is 0 Å². The van der Waals surface area contributed by atoms with Crippen molar-refractivity contribution in [3.8, 4) is 0 Å². The molecule has 0 spiro atoms. The molecule has 0 aromatic rings. The summed E-state index contributed by atoms with van der Waals surface area (Å²) in [5.74, 6) is 1.36. The quantitative estimate of drug-likeness (QED) is 0.633. The van der Waals surface area contributed by atoms with Crippen LogP contribution >= 0.6 is 0 Å². The van der Waals surface area contributed by atoms with Crippen LogP contribution in [0.2, 0.25) is 0 Å². The molecule has 2 saturated heterocycles. The molecule has 2 aliphatic rings. The van der Waals surface area contributed by atoms with Crippen molar-refractivity contribution in [2.75, 3.05) is 31.1 Å². The van der Waals surface area contributed by atoms with Gasteiger partial charge in [0, 0.05) is 0 Å². The van der Waals surface area contributed by atoms with Gasteiger partial charge < -0.3 is 4.90 Å². The molecular weight excluding hydrogens is 174 g/mol. The van der Waals surface area contributed by atoms with E-state index in [0.29, 0.717) is 17.4 Å². The van der Waals surface area contributed by atoms with Crippen LogP contribution in [0.1, 0.15) is 12.8 Å². The van der Waals surface area contributed by atoms with E-state index in [-0.39, 0.29) is 0 Å². The first kappa shape index (κ1) is 8.51. The fraction of sp³-hybridized carbons (Fsp3) is 1.00. The lowest BCUT2D eigenvalue weighted by Gasteiger charge is -2.34. The van der Waals surface area contributed by atoms with Crippen molar-refractivity contribution >= 4 is 9.84 Å². The number of nitrogens with zero attached hydrogens (tertiary/aromatic N) is 1. The van der Waals surface area contributed by atoms with Crippen LogP contribution < -0.4 is 0 Å². The van der Waals surface area contributed by atoms with Crippen LogP contribution in [0.15, 0.2) is 0 Å². The van der Waals surface area contributed by atoms with E-state index in [9.17, 15) is 8.42 Å². The van der Waals surface area contributed by atoms with E-state index in [0.717, 1.165) is 13.0 Å². The summed E-state index contributed by atoms with van der Waals surface area (Å²) in [6, 6.07) is 0. The molecule has 2 aliphatic heterocycles. The summed E-state index contributed by atoms with van der Waals surface area (Å²) in [6.07, 6.45) is 2.40. The van der Waals surface area contributed by atoms with E-state index in [4.69, 9.17) is 0 Å². The minimum Gasteiger partial charge on any atom is -0.303 e. The lowest BCUT2D eigenvalue weighted by atomic mass is 10.1. The second-order valence-corrected chi connectivity index (χ2v) is 6.08. The lowest BCUT2D eigenvalue weighted by molar-refractivity contribution is 0.171. The van der Waals surface area contributed by atoms with Crippen LogP contribution in [0.5, 0.6) is 0 Å². The molecule has 0 aromatic heterocycles. The van der Waals surface area contributed by atoms with E-state index >= 15 is 0 Å². The van der Waals surface area contributed by atoms with Gasteiger partial charge in [0.2, 0.25) is 0 Å². The molecule has 2 fully saturated rings. The number of hydrogen-bond acceptors (Lipinski definition) is 3. The largest absolute Gasteiger partial charge is 0.303 e. The molecule has 0 amide bonds. The van der Waals surface area contributed by atoms with E-state index in [1.165, 1.54) is 19.5 Å². The highest BCUT2D eigenvalue weighted by molar-refractivity contribution is 7.92. The van der Waals surface area contributed by atoms with Gasteiger partial charge in [-0.3, -0.25) is 0 Å². The summed E-state index contributed by atoms with van der Waals surface area (Å²) in [7, 11) is -2.59. The first-order valence-electron chi connectivity index (χ1n) is 4.58. The highest BCUT2D eigenvalue weighted by Gasteiger charge is 2.33. The molecule has 4 heteroatoms. The molecule has 0 aromatic carbocycles. The fourth-order valence-electron chi connectivity index (χ4n) is 1.81. The molecule has 0 unspecified atom stereocenters. The molecule has 0 saturated carbocycles. The zero-order valence-electron chi connectivity index (χ0n) is 7.20. The molecule has 0 radical (unpaired) electrons. The summed E-state index contributed by atoms with van der Waals surface area (Å²) in [6.45, 7) is 3.55. The number of sulfone groups is 1. The van der Waals surface area contributed by atoms with Crippen LogP contribution in [0.3, 0.4) is 0 Å². The average Bonchev–Trinajstić information content (AvgIpc) is 1.79. The maximum atomic E-state index is 10.8. The third-order valence-electron chi connectivity index (χ3n) is 2.78. The predicted octanol–water partition coefficient (Wildman–Crippen LogP) is 0.127. The zero-order chi connectivity index (χ0) is 8.60. The number of rotatable bonds is 3. The zero-order valence-corrected chi connectivity index (χ0v) is 8.02. The first-order chi connectivity index (χ1) is 5.66. The predicted molar refractivity (Wildman–Crippen MR) is 47.8 cm³/mol. The summed E-state index contributed by atoms with van der Waals surface area (Å²) in [5.41, 5.74) is 0. The minimum absolute atomic E-state index is 0.445. The maximum absolute atomic E-state index is 10.8. The highest BCUT2D eigenvalue weighted by atomic mass is 32.2. The Labute approximate surface area is 73.7 Å². The Balaban J connectivity index is 1.63. The second-order valence-electron chi connectivity index (χ2n) is 3.93. The Morgan fingerprint density at radius 3 is 2.33 bits per heavy atom. The van der Waals surface area contributed by atoms with Gasteiger partial charge >= 0.3 is 0 Å². The second kappa shape index (κ2) is 3.00. The molecular formula is C8H15NO2S. The van der Waals surface area contributed by atoms with Crippen LogP contribution in [0.4, 0.5) is 0 Å². The Bertz CT molecular complexity index is 244. The monoisotopic (exact) mass is 189 g/mol. The topological polar surface area (TPSA) is 37.4 Å². The standard InChI is InChI=1S/C8H15NO2S/c10-12(11)6-8(7-12)2-5-9-3-1-4-9/h8H,1-7H2. The molecule has 0 bridgehead atoms. The Kier molecular flexibility index (Phi) is 2.12. The Morgan fingerprint density at radius 2 is 1.92 bits per heavy atom. The molecule has 0 atom stereocenters. The third-order valence-corrected chi connectivity index (χ3v) is 4.74. The van der Waals surface area contributed by atoms with Crippen LogP contribution in [-0.2, 0) is 9.84 Å². The van der Waals surface area contributed by atoms with Crippen molar-refractivity contribution in [2.24, 2.45) is 5.92 Å².